The predicted octanol–water partition coefficient (Wildman–Crippen LogP) is 2.72. The second-order valence-corrected chi connectivity index (χ2v) is 12.0. The van der Waals surface area contributed by atoms with Gasteiger partial charge < -0.3 is 5.73 Å². The normalized spacial score (nSPS) is 24.5. The van der Waals surface area contributed by atoms with E-state index in [2.05, 4.69) is 0 Å². The van der Waals surface area contributed by atoms with E-state index in [-0.39, 0.29) is 10.6 Å². The molecule has 182 valence electrons. The van der Waals surface area contributed by atoms with Gasteiger partial charge in [0.1, 0.15) is 0 Å². The van der Waals surface area contributed by atoms with Gasteiger partial charge in [0, 0.05) is 11.1 Å². The molecular formula is C24H29N3O5S2. The van der Waals surface area contributed by atoms with Crippen molar-refractivity contribution in [1.29, 1.82) is 0 Å². The Morgan fingerprint density at radius 1 is 0.882 bits per heavy atom. The molecule has 0 heterocycles. The number of benzene rings is 2. The molecule has 4 rings (SSSR count). The van der Waals surface area contributed by atoms with Crippen molar-refractivity contribution in [3.63, 3.8) is 0 Å². The van der Waals surface area contributed by atoms with Crippen LogP contribution >= 0.6 is 0 Å². The highest BCUT2D eigenvalue weighted by Gasteiger charge is 2.50. The minimum atomic E-state index is -4.38. The van der Waals surface area contributed by atoms with E-state index in [1.165, 1.54) is 13.0 Å². The first-order valence-electron chi connectivity index (χ1n) is 10.4. The molecule has 0 aromatic heterocycles. The third-order valence-electron chi connectivity index (χ3n) is 6.51. The van der Waals surface area contributed by atoms with Crippen LogP contribution < -0.4 is 10.9 Å². The summed E-state index contributed by atoms with van der Waals surface area (Å²) in [5.74, 6) is 0. The Labute approximate surface area is 200 Å². The number of fused-ring (bicyclic) bond motifs is 2. The van der Waals surface area contributed by atoms with Crippen LogP contribution in [0.1, 0.15) is 13.8 Å². The van der Waals surface area contributed by atoms with E-state index in [0.29, 0.717) is 11.0 Å². The molecule has 0 bridgehead atoms. The number of allylic oxidation sites excluding steroid dienone is 4. The van der Waals surface area contributed by atoms with Gasteiger partial charge in [-0.25, -0.2) is 13.6 Å². The molecule has 0 saturated carbocycles. The second kappa shape index (κ2) is 8.79. The number of nitrogens with zero attached hydrogens (tertiary/aromatic N) is 1. The van der Waals surface area contributed by atoms with Crippen LogP contribution in [0.4, 0.5) is 0 Å². The minimum Gasteiger partial charge on any atom is -0.400 e. The smallest absolute Gasteiger partial charge is 0.280 e. The van der Waals surface area contributed by atoms with Gasteiger partial charge in [-0.2, -0.15) is 8.42 Å². The molecule has 0 spiro atoms. The molecule has 2 aliphatic carbocycles. The molecule has 2 atom stereocenters. The van der Waals surface area contributed by atoms with Crippen LogP contribution in [0.15, 0.2) is 94.6 Å². The average Bonchev–Trinajstić information content (AvgIpc) is 2.75. The number of sulfonamides is 1. The number of hydrogen-bond acceptors (Lipinski definition) is 6. The topological polar surface area (TPSA) is 144 Å². The first-order chi connectivity index (χ1) is 15.6. The summed E-state index contributed by atoms with van der Waals surface area (Å²) in [7, 11) is -4.17. The maximum atomic E-state index is 11.9. The molecule has 2 aromatic carbocycles. The summed E-state index contributed by atoms with van der Waals surface area (Å²) in [5, 5.41) is 6.63. The molecule has 0 saturated heterocycles. The zero-order valence-electron chi connectivity index (χ0n) is 19.4. The van der Waals surface area contributed by atoms with Crippen molar-refractivity contribution in [3.8, 4) is 0 Å². The summed E-state index contributed by atoms with van der Waals surface area (Å²) in [4.78, 5) is 2.16. The van der Waals surface area contributed by atoms with E-state index < -0.39 is 30.4 Å². The molecule has 0 aliphatic heterocycles. The second-order valence-electron chi connectivity index (χ2n) is 8.71. The predicted molar refractivity (Wildman–Crippen MR) is 135 cm³/mol. The summed E-state index contributed by atoms with van der Waals surface area (Å²) in [5.41, 5.74) is 6.87. The molecule has 0 radical (unpaired) electrons. The quantitative estimate of drug-likeness (QED) is 0.546. The molecule has 2 aromatic rings. The average molecular weight is 504 g/mol. The van der Waals surface area contributed by atoms with E-state index in [0.717, 1.165) is 11.0 Å². The number of hydrogen-bond donors (Lipinski definition) is 3. The largest absolute Gasteiger partial charge is 0.400 e. The lowest BCUT2D eigenvalue weighted by Crippen LogP contribution is -2.51. The summed E-state index contributed by atoms with van der Waals surface area (Å²) >= 11 is 0. The number of nitrogens with two attached hydrogens (primary N) is 2. The van der Waals surface area contributed by atoms with Crippen LogP contribution in [-0.2, 0) is 20.1 Å². The van der Waals surface area contributed by atoms with E-state index >= 15 is 0 Å². The molecule has 2 unspecified atom stereocenters. The zero-order valence-corrected chi connectivity index (χ0v) is 21.1. The Morgan fingerprint density at radius 3 is 2.09 bits per heavy atom. The van der Waals surface area contributed by atoms with Crippen molar-refractivity contribution in [1.82, 2.24) is 4.90 Å². The number of likely N-dealkylation sites (N-methyl/N-ethyl adjacent to an activating group) is 1. The van der Waals surface area contributed by atoms with Crippen molar-refractivity contribution >= 4 is 30.9 Å². The molecular weight excluding hydrogens is 474 g/mol. The highest BCUT2D eigenvalue weighted by Crippen LogP contribution is 2.45. The van der Waals surface area contributed by atoms with Crippen molar-refractivity contribution < 1.29 is 21.4 Å². The fourth-order valence-corrected chi connectivity index (χ4v) is 5.65. The van der Waals surface area contributed by atoms with Gasteiger partial charge in [0.15, 0.2) is 4.75 Å². The van der Waals surface area contributed by atoms with Crippen LogP contribution in [0, 0.1) is 0 Å². The summed E-state index contributed by atoms with van der Waals surface area (Å²) < 4.78 is 54.3. The Kier molecular flexibility index (Phi) is 6.68. The third kappa shape index (κ3) is 4.35. The molecule has 8 nitrogen and oxygen atoms in total. The Hall–Kier alpha value is -2.76. The van der Waals surface area contributed by atoms with Crippen LogP contribution in [0.3, 0.4) is 0 Å². The first-order valence-corrected chi connectivity index (χ1v) is 13.4. The van der Waals surface area contributed by atoms with Gasteiger partial charge in [-0.1, -0.05) is 60.7 Å². The van der Waals surface area contributed by atoms with Crippen molar-refractivity contribution in [2.24, 2.45) is 10.9 Å². The molecule has 10 heteroatoms. The van der Waals surface area contributed by atoms with E-state index in [9.17, 15) is 21.4 Å². The molecule has 2 aliphatic rings. The van der Waals surface area contributed by atoms with Crippen molar-refractivity contribution in [2.75, 3.05) is 14.1 Å². The standard InChI is InChI=1S/C14H20N2O3S.C10H9NO2S/c1-13(16(3)4)9-5-6-11-10(13)7-8-12(15)14(11,2)20(17,18)19;11-14(12,13)10-7-3-5-8-4-1-2-6-9(8)10/h5-9H,15H2,1-4H3,(H,17,18,19);1-7H,(H2,11,12,13). The van der Waals surface area contributed by atoms with Gasteiger partial charge in [0.2, 0.25) is 10.0 Å². The Morgan fingerprint density at radius 2 is 1.50 bits per heavy atom. The van der Waals surface area contributed by atoms with Crippen LogP contribution in [0.2, 0.25) is 0 Å². The molecule has 5 N–H and O–H groups in total. The fraction of sp³-hybridized carbons (Fsp3) is 0.250. The van der Waals surface area contributed by atoms with Gasteiger partial charge in [0.25, 0.3) is 10.1 Å². The molecule has 0 fully saturated rings. The SMILES string of the molecule is CN(C)C1(C)C=CC=C2C1=CC=C(N)C2(C)S(=O)(=O)O.NS(=O)(=O)c1cccc2ccccc12. The van der Waals surface area contributed by atoms with E-state index in [4.69, 9.17) is 10.9 Å². The molecule has 0 amide bonds. The third-order valence-corrected chi connectivity index (χ3v) is 8.97. The lowest BCUT2D eigenvalue weighted by Gasteiger charge is -2.44. The monoisotopic (exact) mass is 503 g/mol. The Balaban J connectivity index is 0.000000202. The van der Waals surface area contributed by atoms with E-state index in [1.807, 2.05) is 56.3 Å². The van der Waals surface area contributed by atoms with Gasteiger partial charge >= 0.3 is 0 Å². The number of primary sulfonamides is 1. The van der Waals surface area contributed by atoms with Gasteiger partial charge in [0.05, 0.1) is 10.4 Å². The zero-order chi connectivity index (χ0) is 25.5. The minimum absolute atomic E-state index is 0.117. The van der Waals surface area contributed by atoms with Gasteiger partial charge in [-0.15, -0.1) is 0 Å². The maximum Gasteiger partial charge on any atom is 0.280 e. The van der Waals surface area contributed by atoms with Crippen molar-refractivity contribution in [2.45, 2.75) is 29.0 Å². The van der Waals surface area contributed by atoms with Crippen LogP contribution in [-0.4, -0.2) is 50.7 Å². The van der Waals surface area contributed by atoms with Crippen molar-refractivity contribution in [3.05, 3.63) is 89.7 Å². The lowest BCUT2D eigenvalue weighted by molar-refractivity contribution is 0.269. The lowest BCUT2D eigenvalue weighted by atomic mass is 9.73. The number of rotatable bonds is 3. The summed E-state index contributed by atoms with van der Waals surface area (Å²) in [6, 6.07) is 12.3. The van der Waals surface area contributed by atoms with Gasteiger partial charge in [-0.3, -0.25) is 9.45 Å². The van der Waals surface area contributed by atoms with Crippen LogP contribution in [0.5, 0.6) is 0 Å². The Bertz CT molecular complexity index is 1470. The summed E-state index contributed by atoms with van der Waals surface area (Å²) in [6.07, 6.45) is 8.86. The highest BCUT2D eigenvalue weighted by atomic mass is 32.2. The summed E-state index contributed by atoms with van der Waals surface area (Å²) in [6.45, 7) is 3.42. The van der Waals surface area contributed by atoms with Gasteiger partial charge in [-0.05, 0) is 56.6 Å². The van der Waals surface area contributed by atoms with E-state index in [1.54, 1.807) is 36.4 Å². The highest BCUT2D eigenvalue weighted by molar-refractivity contribution is 7.89. The molecule has 34 heavy (non-hydrogen) atoms. The first kappa shape index (κ1) is 25.9. The fourth-order valence-electron chi connectivity index (χ4n) is 4.07. The maximum absolute atomic E-state index is 11.9. The van der Waals surface area contributed by atoms with Crippen LogP contribution in [0.25, 0.3) is 10.8 Å².